The molecule has 0 aliphatic carbocycles. The second kappa shape index (κ2) is 8.08. The van der Waals surface area contributed by atoms with Gasteiger partial charge in [-0.05, 0) is 50.2 Å². The molecule has 3 aromatic rings. The molecule has 146 valence electrons. The van der Waals surface area contributed by atoms with Gasteiger partial charge >= 0.3 is 0 Å². The maximum atomic E-state index is 12.8. The maximum absolute atomic E-state index is 12.8. The van der Waals surface area contributed by atoms with Gasteiger partial charge in [0.2, 0.25) is 10.0 Å². The second-order valence-electron chi connectivity index (χ2n) is 6.79. The van der Waals surface area contributed by atoms with Crippen LogP contribution in [-0.4, -0.2) is 26.4 Å². The molecular weight excluding hydrogens is 374 g/mol. The molecule has 0 saturated carbocycles. The molecule has 1 aromatic heterocycles. The molecular formula is C21H23N3O3S. The van der Waals surface area contributed by atoms with Crippen LogP contribution in [0.1, 0.15) is 32.7 Å². The number of hydrogen-bond donors (Lipinski definition) is 2. The van der Waals surface area contributed by atoms with Gasteiger partial charge in [0, 0.05) is 17.6 Å². The van der Waals surface area contributed by atoms with Crippen molar-refractivity contribution in [2.24, 2.45) is 0 Å². The minimum atomic E-state index is -3.30. The average molecular weight is 398 g/mol. The fourth-order valence-corrected chi connectivity index (χ4v) is 3.76. The fourth-order valence-electron chi connectivity index (χ4n) is 2.98. The van der Waals surface area contributed by atoms with E-state index in [9.17, 15) is 13.2 Å². The standard InChI is InChI=1S/C21H23N3O3S/c1-14-4-9-20-18(10-14)19(11-15(2)24-20)21(25)23-12-16-5-7-17(8-6-16)13-28(26,27)22-3/h4-11,22H,12-13H2,1-3H3,(H,23,25). The summed E-state index contributed by atoms with van der Waals surface area (Å²) in [5, 5.41) is 3.77. The Balaban J connectivity index is 1.74. The van der Waals surface area contributed by atoms with Gasteiger partial charge in [-0.25, -0.2) is 13.1 Å². The van der Waals surface area contributed by atoms with Crippen LogP contribution >= 0.6 is 0 Å². The number of aromatic nitrogens is 1. The lowest BCUT2D eigenvalue weighted by molar-refractivity contribution is 0.0952. The molecule has 0 unspecified atom stereocenters. The molecule has 6 nitrogen and oxygen atoms in total. The Morgan fingerprint density at radius 1 is 1.00 bits per heavy atom. The number of fused-ring (bicyclic) bond motifs is 1. The number of nitrogens with one attached hydrogen (secondary N) is 2. The van der Waals surface area contributed by atoms with Crippen molar-refractivity contribution in [2.75, 3.05) is 7.05 Å². The molecule has 0 saturated heterocycles. The van der Waals surface area contributed by atoms with Crippen molar-refractivity contribution in [2.45, 2.75) is 26.1 Å². The number of nitrogens with zero attached hydrogens (tertiary/aromatic N) is 1. The van der Waals surface area contributed by atoms with E-state index in [1.54, 1.807) is 18.2 Å². The van der Waals surface area contributed by atoms with Crippen LogP contribution in [0.25, 0.3) is 10.9 Å². The van der Waals surface area contributed by atoms with Gasteiger partial charge in [-0.1, -0.05) is 35.9 Å². The van der Waals surface area contributed by atoms with E-state index in [0.717, 1.165) is 27.7 Å². The summed E-state index contributed by atoms with van der Waals surface area (Å²) in [4.78, 5) is 17.3. The monoisotopic (exact) mass is 397 g/mol. The molecule has 2 aromatic carbocycles. The van der Waals surface area contributed by atoms with Crippen LogP contribution in [0.4, 0.5) is 0 Å². The van der Waals surface area contributed by atoms with E-state index in [1.807, 2.05) is 44.2 Å². The summed E-state index contributed by atoms with van der Waals surface area (Å²) in [5.41, 5.74) is 4.84. The number of amides is 1. The van der Waals surface area contributed by atoms with E-state index >= 15 is 0 Å². The predicted molar refractivity (Wildman–Crippen MR) is 111 cm³/mol. The van der Waals surface area contributed by atoms with Gasteiger partial charge in [0.05, 0.1) is 16.8 Å². The number of carbonyl (C=O) groups is 1. The first kappa shape index (κ1) is 20.0. The topological polar surface area (TPSA) is 88.2 Å². The highest BCUT2D eigenvalue weighted by Crippen LogP contribution is 2.20. The van der Waals surface area contributed by atoms with Crippen LogP contribution in [0.5, 0.6) is 0 Å². The third-order valence-corrected chi connectivity index (χ3v) is 5.82. The number of pyridine rings is 1. The molecule has 0 radical (unpaired) electrons. The molecule has 0 spiro atoms. The Hall–Kier alpha value is -2.77. The first-order chi connectivity index (χ1) is 13.3. The van der Waals surface area contributed by atoms with Crippen LogP contribution in [0, 0.1) is 13.8 Å². The van der Waals surface area contributed by atoms with Gasteiger partial charge < -0.3 is 5.32 Å². The first-order valence-corrected chi connectivity index (χ1v) is 10.6. The smallest absolute Gasteiger partial charge is 0.252 e. The summed E-state index contributed by atoms with van der Waals surface area (Å²) < 4.78 is 25.5. The van der Waals surface area contributed by atoms with E-state index < -0.39 is 10.0 Å². The van der Waals surface area contributed by atoms with Crippen molar-refractivity contribution < 1.29 is 13.2 Å². The van der Waals surface area contributed by atoms with Crippen LogP contribution < -0.4 is 10.0 Å². The molecule has 1 heterocycles. The lowest BCUT2D eigenvalue weighted by Crippen LogP contribution is -2.23. The number of hydrogen-bond acceptors (Lipinski definition) is 4. The molecule has 2 N–H and O–H groups in total. The van der Waals surface area contributed by atoms with E-state index in [2.05, 4.69) is 15.0 Å². The van der Waals surface area contributed by atoms with E-state index in [4.69, 9.17) is 0 Å². The lowest BCUT2D eigenvalue weighted by Gasteiger charge is -2.10. The largest absolute Gasteiger partial charge is 0.348 e. The molecule has 0 aliphatic rings. The SMILES string of the molecule is CNS(=O)(=O)Cc1ccc(CNC(=O)c2cc(C)nc3ccc(C)cc23)cc1. The third kappa shape index (κ3) is 4.74. The summed E-state index contributed by atoms with van der Waals surface area (Å²) in [6.45, 7) is 4.21. The second-order valence-corrected chi connectivity index (χ2v) is 8.72. The molecule has 7 heteroatoms. The molecule has 0 bridgehead atoms. The fraction of sp³-hybridized carbons (Fsp3) is 0.238. The Bertz CT molecular complexity index is 1120. The van der Waals surface area contributed by atoms with Crippen molar-refractivity contribution in [3.8, 4) is 0 Å². The molecule has 0 aliphatic heterocycles. The summed E-state index contributed by atoms with van der Waals surface area (Å²) in [7, 11) is -1.91. The zero-order valence-corrected chi connectivity index (χ0v) is 16.9. The van der Waals surface area contributed by atoms with Crippen LogP contribution in [0.15, 0.2) is 48.5 Å². The summed E-state index contributed by atoms with van der Waals surface area (Å²) in [6.07, 6.45) is 0. The molecule has 1 amide bonds. The number of rotatable bonds is 6. The Morgan fingerprint density at radius 3 is 2.36 bits per heavy atom. The highest BCUT2D eigenvalue weighted by molar-refractivity contribution is 7.88. The lowest BCUT2D eigenvalue weighted by atomic mass is 10.0. The Labute approximate surface area is 165 Å². The highest BCUT2D eigenvalue weighted by atomic mass is 32.2. The molecule has 3 rings (SSSR count). The van der Waals surface area contributed by atoms with Crippen LogP contribution in [0.2, 0.25) is 0 Å². The van der Waals surface area contributed by atoms with Crippen LogP contribution in [0.3, 0.4) is 0 Å². The Morgan fingerprint density at radius 2 is 1.68 bits per heavy atom. The van der Waals surface area contributed by atoms with Gasteiger partial charge in [-0.15, -0.1) is 0 Å². The van der Waals surface area contributed by atoms with Crippen molar-refractivity contribution in [3.05, 3.63) is 76.5 Å². The minimum Gasteiger partial charge on any atom is -0.348 e. The molecule has 0 fully saturated rings. The minimum absolute atomic E-state index is 0.0717. The van der Waals surface area contributed by atoms with Gasteiger partial charge in [0.1, 0.15) is 0 Å². The molecule has 0 atom stereocenters. The van der Waals surface area contributed by atoms with Crippen molar-refractivity contribution in [1.29, 1.82) is 0 Å². The van der Waals surface area contributed by atoms with Gasteiger partial charge in [-0.2, -0.15) is 0 Å². The first-order valence-electron chi connectivity index (χ1n) is 8.92. The molecule has 28 heavy (non-hydrogen) atoms. The summed E-state index contributed by atoms with van der Waals surface area (Å²) in [5.74, 6) is -0.236. The average Bonchev–Trinajstić information content (AvgIpc) is 2.66. The van der Waals surface area contributed by atoms with Crippen molar-refractivity contribution in [3.63, 3.8) is 0 Å². The van der Waals surface area contributed by atoms with Crippen molar-refractivity contribution >= 4 is 26.8 Å². The van der Waals surface area contributed by atoms with Gasteiger partial charge in [0.15, 0.2) is 0 Å². The zero-order chi connectivity index (χ0) is 20.3. The zero-order valence-electron chi connectivity index (χ0n) is 16.1. The van der Waals surface area contributed by atoms with Crippen LogP contribution in [-0.2, 0) is 22.3 Å². The number of benzene rings is 2. The van der Waals surface area contributed by atoms with Gasteiger partial charge in [-0.3, -0.25) is 9.78 Å². The third-order valence-electron chi connectivity index (χ3n) is 4.48. The van der Waals surface area contributed by atoms with Gasteiger partial charge in [0.25, 0.3) is 5.91 Å². The quantitative estimate of drug-likeness (QED) is 0.669. The van der Waals surface area contributed by atoms with E-state index in [1.165, 1.54) is 7.05 Å². The number of carbonyl (C=O) groups excluding carboxylic acids is 1. The van der Waals surface area contributed by atoms with E-state index in [-0.39, 0.29) is 11.7 Å². The highest BCUT2D eigenvalue weighted by Gasteiger charge is 2.13. The maximum Gasteiger partial charge on any atom is 0.252 e. The normalized spacial score (nSPS) is 11.5. The Kier molecular flexibility index (Phi) is 5.76. The predicted octanol–water partition coefficient (Wildman–Crippen LogP) is 2.83. The number of sulfonamides is 1. The van der Waals surface area contributed by atoms with E-state index in [0.29, 0.717) is 17.7 Å². The van der Waals surface area contributed by atoms with Crippen molar-refractivity contribution in [1.82, 2.24) is 15.0 Å². The summed E-state index contributed by atoms with van der Waals surface area (Å²) in [6, 6.07) is 14.8. The summed E-state index contributed by atoms with van der Waals surface area (Å²) >= 11 is 0. The number of aryl methyl sites for hydroxylation is 2.